The van der Waals surface area contributed by atoms with Crippen LogP contribution in [0.25, 0.3) is 0 Å². The van der Waals surface area contributed by atoms with Gasteiger partial charge in [0, 0.05) is 24.1 Å². The highest BCUT2D eigenvalue weighted by Gasteiger charge is 2.61. The van der Waals surface area contributed by atoms with Crippen LogP contribution in [0.5, 0.6) is 11.5 Å². The molecule has 0 spiro atoms. The summed E-state index contributed by atoms with van der Waals surface area (Å²) in [5, 5.41) is 7.66. The Labute approximate surface area is 208 Å². The number of nitrogens with zero attached hydrogens (tertiary/aromatic N) is 2. The molecule has 0 aromatic heterocycles. The maximum atomic E-state index is 13.8. The molecule has 0 bridgehead atoms. The second-order valence-electron chi connectivity index (χ2n) is 9.33. The number of amides is 2. The first-order valence-electron chi connectivity index (χ1n) is 11.8. The molecule has 3 N–H and O–H groups in total. The van der Waals surface area contributed by atoms with Crippen LogP contribution < -0.4 is 15.2 Å². The van der Waals surface area contributed by atoms with E-state index in [-0.39, 0.29) is 55.5 Å². The summed E-state index contributed by atoms with van der Waals surface area (Å²) in [4.78, 5) is 42.7. The summed E-state index contributed by atoms with van der Waals surface area (Å²) in [5.74, 6) is -0.844. The van der Waals surface area contributed by atoms with Crippen molar-refractivity contribution in [1.82, 2.24) is 9.80 Å². The number of carbonyl (C=O) groups is 3. The fourth-order valence-electron chi connectivity index (χ4n) is 5.66. The van der Waals surface area contributed by atoms with Crippen LogP contribution in [0.3, 0.4) is 0 Å². The van der Waals surface area contributed by atoms with Crippen molar-refractivity contribution in [2.45, 2.75) is 31.5 Å². The van der Waals surface area contributed by atoms with Gasteiger partial charge in [0.25, 0.3) is 0 Å². The number of hydrogen-bond acceptors (Lipinski definition) is 8. The maximum Gasteiger partial charge on any atom is 0.305 e. The molecule has 10 heteroatoms. The van der Waals surface area contributed by atoms with E-state index in [9.17, 15) is 14.4 Å². The van der Waals surface area contributed by atoms with Gasteiger partial charge in [0.2, 0.25) is 18.6 Å². The predicted molar refractivity (Wildman–Crippen MR) is 128 cm³/mol. The third-order valence-corrected chi connectivity index (χ3v) is 7.42. The number of esters is 1. The molecule has 0 radical (unpaired) electrons. The highest BCUT2D eigenvalue weighted by molar-refractivity contribution is 6.06. The van der Waals surface area contributed by atoms with Crippen LogP contribution >= 0.6 is 0 Å². The van der Waals surface area contributed by atoms with E-state index in [2.05, 4.69) is 0 Å². The number of benzene rings is 2. The minimum absolute atomic E-state index is 0.0443. The predicted octanol–water partition coefficient (Wildman–Crippen LogP) is 1.81. The Balaban J connectivity index is 1.46. The van der Waals surface area contributed by atoms with E-state index >= 15 is 0 Å². The molecule has 2 saturated heterocycles. The average molecular weight is 493 g/mol. The number of carbonyl (C=O) groups excluding carboxylic acids is 3. The first kappa shape index (κ1) is 23.8. The molecule has 4 atom stereocenters. The van der Waals surface area contributed by atoms with E-state index in [1.807, 2.05) is 30.1 Å². The minimum Gasteiger partial charge on any atom is -0.469 e. The van der Waals surface area contributed by atoms with Gasteiger partial charge < -0.3 is 19.9 Å². The van der Waals surface area contributed by atoms with Crippen molar-refractivity contribution in [3.05, 3.63) is 59.2 Å². The van der Waals surface area contributed by atoms with Crippen molar-refractivity contribution < 1.29 is 28.6 Å². The zero-order valence-corrected chi connectivity index (χ0v) is 20.1. The molecule has 188 valence electrons. The number of rotatable bonds is 7. The molecule has 3 aliphatic heterocycles. The number of hydrogen-bond donors (Lipinski definition) is 2. The quantitative estimate of drug-likeness (QED) is 0.259. The van der Waals surface area contributed by atoms with E-state index in [1.54, 1.807) is 24.3 Å². The van der Waals surface area contributed by atoms with Crippen molar-refractivity contribution >= 4 is 23.6 Å². The lowest BCUT2D eigenvalue weighted by Crippen LogP contribution is -2.40. The number of nitrogens with two attached hydrogens (primary N) is 1. The van der Waals surface area contributed by atoms with Gasteiger partial charge in [0.15, 0.2) is 11.5 Å². The number of methoxy groups -OCH3 is 1. The van der Waals surface area contributed by atoms with E-state index < -0.39 is 11.8 Å². The van der Waals surface area contributed by atoms with E-state index in [4.69, 9.17) is 25.4 Å². The Morgan fingerprint density at radius 3 is 2.47 bits per heavy atom. The summed E-state index contributed by atoms with van der Waals surface area (Å²) in [6, 6.07) is 11.9. The van der Waals surface area contributed by atoms with Gasteiger partial charge in [-0.2, -0.15) is 0 Å². The largest absolute Gasteiger partial charge is 0.469 e. The van der Waals surface area contributed by atoms with Gasteiger partial charge in [-0.05, 0) is 36.7 Å². The highest BCUT2D eigenvalue weighted by atomic mass is 16.7. The fourth-order valence-corrected chi connectivity index (χ4v) is 5.66. The molecule has 2 aromatic carbocycles. The topological polar surface area (TPSA) is 135 Å². The van der Waals surface area contributed by atoms with Gasteiger partial charge in [-0.3, -0.25) is 29.6 Å². The smallest absolute Gasteiger partial charge is 0.305 e. The standard InChI is InChI=1S/C26H28N4O6/c1-29-17(8-10-20(31)34-2)21-22(23(29)15-4-6-16(7-5-15)24(27)28)26(33)30(25(21)32)12-14-3-9-18-19(11-14)36-13-35-18/h3-7,9,11,17,21-23H,8,10,12-13H2,1-2H3,(H3,27,28)/t17-,21-,22-,23-/m1/s1. The second-order valence-corrected chi connectivity index (χ2v) is 9.33. The van der Waals surface area contributed by atoms with Gasteiger partial charge in [-0.15, -0.1) is 0 Å². The Bertz CT molecular complexity index is 1230. The first-order valence-corrected chi connectivity index (χ1v) is 11.8. The van der Waals surface area contributed by atoms with Crippen molar-refractivity contribution in [1.29, 1.82) is 5.41 Å². The average Bonchev–Trinajstić information content (AvgIpc) is 3.52. The molecule has 0 unspecified atom stereocenters. The number of likely N-dealkylation sites (tertiary alicyclic amines) is 2. The Kier molecular flexibility index (Phi) is 6.13. The number of amidine groups is 1. The monoisotopic (exact) mass is 492 g/mol. The lowest BCUT2D eigenvalue weighted by molar-refractivity contribution is -0.144. The van der Waals surface area contributed by atoms with Crippen LogP contribution in [0.2, 0.25) is 0 Å². The lowest BCUT2D eigenvalue weighted by Gasteiger charge is -2.30. The van der Waals surface area contributed by atoms with Crippen LogP contribution in [0.15, 0.2) is 42.5 Å². The molecular weight excluding hydrogens is 464 g/mol. The zero-order chi connectivity index (χ0) is 25.6. The summed E-state index contributed by atoms with van der Waals surface area (Å²) >= 11 is 0. The van der Waals surface area contributed by atoms with Crippen molar-refractivity contribution in [2.75, 3.05) is 21.0 Å². The molecule has 2 fully saturated rings. The summed E-state index contributed by atoms with van der Waals surface area (Å²) < 4.78 is 15.6. The van der Waals surface area contributed by atoms with Crippen molar-refractivity contribution in [3.63, 3.8) is 0 Å². The molecule has 0 saturated carbocycles. The molecular formula is C26H28N4O6. The van der Waals surface area contributed by atoms with Crippen LogP contribution in [0.4, 0.5) is 0 Å². The highest BCUT2D eigenvalue weighted by Crippen LogP contribution is 2.50. The second kappa shape index (κ2) is 9.27. The summed E-state index contributed by atoms with van der Waals surface area (Å²) in [6.45, 7) is 0.271. The molecule has 3 heterocycles. The number of fused-ring (bicyclic) bond motifs is 2. The first-order chi connectivity index (χ1) is 17.3. The van der Waals surface area contributed by atoms with Crippen LogP contribution in [0, 0.1) is 17.2 Å². The molecule has 2 aromatic rings. The normalized spacial score (nSPS) is 24.8. The van der Waals surface area contributed by atoms with Crippen LogP contribution in [-0.2, 0) is 25.7 Å². The third kappa shape index (κ3) is 3.97. The Morgan fingerprint density at radius 1 is 1.08 bits per heavy atom. The maximum absolute atomic E-state index is 13.8. The molecule has 36 heavy (non-hydrogen) atoms. The fraction of sp³-hybridized carbons (Fsp3) is 0.385. The summed E-state index contributed by atoms with van der Waals surface area (Å²) in [6.07, 6.45) is 0.539. The summed E-state index contributed by atoms with van der Waals surface area (Å²) in [5.41, 5.74) is 7.80. The number of nitrogens with one attached hydrogen (secondary N) is 1. The van der Waals surface area contributed by atoms with Gasteiger partial charge in [-0.25, -0.2) is 0 Å². The van der Waals surface area contributed by atoms with Gasteiger partial charge in [0.1, 0.15) is 5.84 Å². The number of imide groups is 1. The number of ether oxygens (including phenoxy) is 3. The minimum atomic E-state index is -0.595. The number of nitrogen functional groups attached to an aromatic ring is 1. The van der Waals surface area contributed by atoms with Gasteiger partial charge in [-0.1, -0.05) is 30.3 Å². The Hall–Kier alpha value is -3.92. The van der Waals surface area contributed by atoms with Crippen LogP contribution in [-0.4, -0.2) is 60.4 Å². The SMILES string of the molecule is COC(=O)CC[C@@H]1[C@H]2C(=O)N(Cc3ccc4c(c3)OCO4)C(=O)[C@H]2[C@@H](c2ccc(C(=N)N)cc2)N1C. The molecule has 5 rings (SSSR count). The van der Waals surface area contributed by atoms with E-state index in [0.29, 0.717) is 23.5 Å². The molecule has 2 amide bonds. The third-order valence-electron chi connectivity index (χ3n) is 7.42. The van der Waals surface area contributed by atoms with E-state index in [1.165, 1.54) is 12.0 Å². The van der Waals surface area contributed by atoms with Crippen LogP contribution in [0.1, 0.15) is 35.6 Å². The summed E-state index contributed by atoms with van der Waals surface area (Å²) in [7, 11) is 3.22. The molecule has 3 aliphatic rings. The van der Waals surface area contributed by atoms with Gasteiger partial charge >= 0.3 is 5.97 Å². The van der Waals surface area contributed by atoms with E-state index in [0.717, 1.165) is 11.1 Å². The van der Waals surface area contributed by atoms with Crippen molar-refractivity contribution in [2.24, 2.45) is 17.6 Å². The molecule has 10 nitrogen and oxygen atoms in total. The van der Waals surface area contributed by atoms with Gasteiger partial charge in [0.05, 0.1) is 25.5 Å². The Morgan fingerprint density at radius 2 is 1.78 bits per heavy atom. The van der Waals surface area contributed by atoms with Crippen molar-refractivity contribution in [3.8, 4) is 11.5 Å². The lowest BCUT2D eigenvalue weighted by atomic mass is 9.85. The molecule has 0 aliphatic carbocycles. The zero-order valence-electron chi connectivity index (χ0n) is 20.1.